The van der Waals surface area contributed by atoms with Crippen molar-refractivity contribution in [3.05, 3.63) is 41.7 Å². The molecule has 2 aromatic heterocycles. The molecule has 0 bridgehead atoms. The zero-order valence-electron chi connectivity index (χ0n) is 9.83. The van der Waals surface area contributed by atoms with Crippen molar-refractivity contribution < 1.29 is 14.6 Å². The summed E-state index contributed by atoms with van der Waals surface area (Å²) in [6.07, 6.45) is 2.72. The van der Waals surface area contributed by atoms with Gasteiger partial charge >= 0.3 is 5.97 Å². The van der Waals surface area contributed by atoms with Crippen molar-refractivity contribution in [3.63, 3.8) is 0 Å². The number of pyridine rings is 1. The number of carboxylic acid groups (broad SMARTS) is 1. The van der Waals surface area contributed by atoms with Gasteiger partial charge in [0.25, 0.3) is 0 Å². The van der Waals surface area contributed by atoms with Crippen LogP contribution >= 0.6 is 0 Å². The third-order valence-corrected chi connectivity index (χ3v) is 2.71. The minimum absolute atomic E-state index is 0.109. The van der Waals surface area contributed by atoms with Crippen LogP contribution in [0.3, 0.4) is 0 Å². The highest BCUT2D eigenvalue weighted by Gasteiger charge is 2.14. The summed E-state index contributed by atoms with van der Waals surface area (Å²) in [7, 11) is 0. The molecular weight excluding hydrogens is 232 g/mol. The summed E-state index contributed by atoms with van der Waals surface area (Å²) in [4.78, 5) is 10.7. The van der Waals surface area contributed by atoms with Crippen LogP contribution in [0.15, 0.2) is 30.6 Å². The molecule has 1 N–H and O–H groups in total. The fourth-order valence-corrected chi connectivity index (χ4v) is 1.70. The van der Waals surface area contributed by atoms with E-state index in [1.54, 1.807) is 6.20 Å². The molecule has 5 nitrogen and oxygen atoms in total. The summed E-state index contributed by atoms with van der Waals surface area (Å²) in [5, 5.41) is 17.9. The average Bonchev–Trinajstić information content (AvgIpc) is 2.73. The molecule has 2 aromatic rings. The molecule has 5 heteroatoms. The van der Waals surface area contributed by atoms with Crippen LogP contribution in [-0.2, 0) is 16.1 Å². The van der Waals surface area contributed by atoms with Crippen molar-refractivity contribution in [2.45, 2.75) is 19.6 Å². The lowest BCUT2D eigenvalue weighted by Gasteiger charge is -2.06. The van der Waals surface area contributed by atoms with Crippen LogP contribution in [0.2, 0.25) is 0 Å². The van der Waals surface area contributed by atoms with E-state index in [1.165, 1.54) is 6.92 Å². The normalized spacial score (nSPS) is 12.2. The highest BCUT2D eigenvalue weighted by molar-refractivity contribution is 5.71. The molecule has 0 aromatic carbocycles. The van der Waals surface area contributed by atoms with E-state index in [2.05, 4.69) is 6.07 Å². The topological polar surface area (TPSA) is 74.7 Å². The second kappa shape index (κ2) is 4.90. The fourth-order valence-electron chi connectivity index (χ4n) is 1.70. The standard InChI is InChI=1S/C13H12N2O3/c1-9(13(16)17)18-8-10-7-15-5-3-2-4-12(15)11(10)6-14/h2-5,7,9H,8H2,1H3,(H,16,17)/t9-/m0/s1. The molecule has 0 aliphatic carbocycles. The van der Waals surface area contributed by atoms with Crippen LogP contribution in [-0.4, -0.2) is 21.6 Å². The van der Waals surface area contributed by atoms with Gasteiger partial charge in [-0.15, -0.1) is 0 Å². The van der Waals surface area contributed by atoms with Gasteiger partial charge in [-0.25, -0.2) is 4.79 Å². The van der Waals surface area contributed by atoms with Crippen molar-refractivity contribution in [2.75, 3.05) is 0 Å². The van der Waals surface area contributed by atoms with Gasteiger partial charge in [0.1, 0.15) is 6.07 Å². The summed E-state index contributed by atoms with van der Waals surface area (Å²) in [5.41, 5.74) is 2.01. The minimum atomic E-state index is -1.02. The van der Waals surface area contributed by atoms with Crippen LogP contribution in [0.25, 0.3) is 5.52 Å². The Balaban J connectivity index is 2.28. The van der Waals surface area contributed by atoms with Gasteiger partial charge in [-0.3, -0.25) is 0 Å². The van der Waals surface area contributed by atoms with E-state index < -0.39 is 12.1 Å². The number of nitrogens with zero attached hydrogens (tertiary/aromatic N) is 2. The number of carbonyl (C=O) groups is 1. The maximum absolute atomic E-state index is 10.7. The molecule has 0 amide bonds. The third kappa shape index (κ3) is 2.19. The molecule has 0 aliphatic heterocycles. The Labute approximate surface area is 104 Å². The summed E-state index contributed by atoms with van der Waals surface area (Å²) in [6, 6.07) is 7.67. The predicted molar refractivity (Wildman–Crippen MR) is 64.0 cm³/mol. The van der Waals surface area contributed by atoms with Gasteiger partial charge in [-0.1, -0.05) is 6.07 Å². The van der Waals surface area contributed by atoms with Crippen molar-refractivity contribution >= 4 is 11.5 Å². The molecule has 0 radical (unpaired) electrons. The number of rotatable bonds is 4. The van der Waals surface area contributed by atoms with E-state index in [4.69, 9.17) is 15.1 Å². The van der Waals surface area contributed by atoms with Gasteiger partial charge in [0.2, 0.25) is 0 Å². The van der Waals surface area contributed by atoms with E-state index in [1.807, 2.05) is 28.8 Å². The van der Waals surface area contributed by atoms with E-state index in [9.17, 15) is 4.79 Å². The molecule has 0 spiro atoms. The first-order valence-electron chi connectivity index (χ1n) is 5.46. The van der Waals surface area contributed by atoms with Crippen LogP contribution in [0.1, 0.15) is 18.1 Å². The van der Waals surface area contributed by atoms with E-state index in [0.29, 0.717) is 11.1 Å². The van der Waals surface area contributed by atoms with E-state index in [0.717, 1.165) is 5.52 Å². The second-order valence-electron chi connectivity index (χ2n) is 3.93. The fraction of sp³-hybridized carbons (Fsp3) is 0.231. The first kappa shape index (κ1) is 12.1. The number of aliphatic carboxylic acids is 1. The first-order valence-corrected chi connectivity index (χ1v) is 5.46. The van der Waals surface area contributed by atoms with Crippen molar-refractivity contribution in [2.24, 2.45) is 0 Å². The molecule has 0 unspecified atom stereocenters. The van der Waals surface area contributed by atoms with Gasteiger partial charge in [-0.05, 0) is 19.1 Å². The Kier molecular flexibility index (Phi) is 3.31. The smallest absolute Gasteiger partial charge is 0.332 e. The maximum Gasteiger partial charge on any atom is 0.332 e. The Morgan fingerprint density at radius 2 is 2.39 bits per heavy atom. The van der Waals surface area contributed by atoms with Crippen molar-refractivity contribution in [1.29, 1.82) is 5.26 Å². The monoisotopic (exact) mass is 244 g/mol. The van der Waals surface area contributed by atoms with Crippen molar-refractivity contribution in [3.8, 4) is 6.07 Å². The van der Waals surface area contributed by atoms with Gasteiger partial charge in [0, 0.05) is 18.0 Å². The summed E-state index contributed by atoms with van der Waals surface area (Å²) in [5.74, 6) is -1.02. The summed E-state index contributed by atoms with van der Waals surface area (Å²) in [6.45, 7) is 1.57. The first-order chi connectivity index (χ1) is 8.63. The molecule has 1 atom stereocenters. The lowest BCUT2D eigenvalue weighted by molar-refractivity contribution is -0.149. The number of fused-ring (bicyclic) bond motifs is 1. The molecule has 18 heavy (non-hydrogen) atoms. The van der Waals surface area contributed by atoms with Gasteiger partial charge < -0.3 is 14.2 Å². The Morgan fingerprint density at radius 3 is 3.06 bits per heavy atom. The number of hydrogen-bond donors (Lipinski definition) is 1. The van der Waals surface area contributed by atoms with Crippen LogP contribution < -0.4 is 0 Å². The largest absolute Gasteiger partial charge is 0.479 e. The SMILES string of the molecule is C[C@H](OCc1cn2ccccc2c1C#N)C(=O)O. The molecule has 0 fully saturated rings. The molecule has 2 rings (SSSR count). The van der Waals surface area contributed by atoms with E-state index >= 15 is 0 Å². The lowest BCUT2D eigenvalue weighted by Crippen LogP contribution is -2.19. The van der Waals surface area contributed by atoms with Crippen LogP contribution in [0.4, 0.5) is 0 Å². The quantitative estimate of drug-likeness (QED) is 0.889. The Hall–Kier alpha value is -2.32. The molecule has 0 saturated carbocycles. The Morgan fingerprint density at radius 1 is 1.61 bits per heavy atom. The van der Waals surface area contributed by atoms with Gasteiger partial charge in [0.15, 0.2) is 6.10 Å². The summed E-state index contributed by atoms with van der Waals surface area (Å²) >= 11 is 0. The van der Waals surface area contributed by atoms with Crippen LogP contribution in [0, 0.1) is 11.3 Å². The number of nitriles is 1. The third-order valence-electron chi connectivity index (χ3n) is 2.71. The second-order valence-corrected chi connectivity index (χ2v) is 3.93. The highest BCUT2D eigenvalue weighted by atomic mass is 16.5. The number of carboxylic acids is 1. The van der Waals surface area contributed by atoms with Gasteiger partial charge in [0.05, 0.1) is 17.7 Å². The number of aromatic nitrogens is 1. The predicted octanol–water partition coefficient (Wildman–Crippen LogP) is 1.80. The van der Waals surface area contributed by atoms with E-state index in [-0.39, 0.29) is 6.61 Å². The minimum Gasteiger partial charge on any atom is -0.479 e. The average molecular weight is 244 g/mol. The lowest BCUT2D eigenvalue weighted by atomic mass is 10.2. The molecule has 0 saturated heterocycles. The zero-order valence-corrected chi connectivity index (χ0v) is 9.83. The zero-order chi connectivity index (χ0) is 13.1. The molecular formula is C13H12N2O3. The van der Waals surface area contributed by atoms with Crippen molar-refractivity contribution in [1.82, 2.24) is 4.40 Å². The van der Waals surface area contributed by atoms with Gasteiger partial charge in [-0.2, -0.15) is 5.26 Å². The molecule has 0 aliphatic rings. The van der Waals surface area contributed by atoms with Crippen LogP contribution in [0.5, 0.6) is 0 Å². The highest BCUT2D eigenvalue weighted by Crippen LogP contribution is 2.18. The number of ether oxygens (including phenoxy) is 1. The number of hydrogen-bond acceptors (Lipinski definition) is 3. The Bertz CT molecular complexity index is 625. The molecule has 2 heterocycles. The molecule has 92 valence electrons. The summed E-state index contributed by atoms with van der Waals surface area (Å²) < 4.78 is 7.02. The maximum atomic E-state index is 10.7.